The Bertz CT molecular complexity index is 558. The largest absolute Gasteiger partial charge is 0.331 e. The highest BCUT2D eigenvalue weighted by molar-refractivity contribution is 6.32. The van der Waals surface area contributed by atoms with Crippen molar-refractivity contribution in [2.45, 2.75) is 27.3 Å². The maximum atomic E-state index is 6.15. The van der Waals surface area contributed by atoms with Crippen LogP contribution in [0.4, 0.5) is 0 Å². The molecule has 0 aliphatic carbocycles. The Morgan fingerprint density at radius 3 is 2.41 bits per heavy atom. The van der Waals surface area contributed by atoms with Crippen molar-refractivity contribution in [2.75, 3.05) is 0 Å². The highest BCUT2D eigenvalue weighted by Crippen LogP contribution is 2.30. The van der Waals surface area contributed by atoms with Crippen molar-refractivity contribution in [3.63, 3.8) is 0 Å². The molecule has 1 aromatic carbocycles. The van der Waals surface area contributed by atoms with Crippen molar-refractivity contribution < 1.29 is 0 Å². The van der Waals surface area contributed by atoms with Crippen LogP contribution in [0.2, 0.25) is 5.15 Å². The highest BCUT2D eigenvalue weighted by Gasteiger charge is 2.13. The molecule has 1 heterocycles. The summed E-state index contributed by atoms with van der Waals surface area (Å²) in [6, 6.07) is 4.27. The topological polar surface area (TPSA) is 54.7 Å². The van der Waals surface area contributed by atoms with Gasteiger partial charge in [0.15, 0.2) is 0 Å². The zero-order valence-electron chi connectivity index (χ0n) is 10.3. The Hall–Kier alpha value is -1.32. The predicted molar refractivity (Wildman–Crippen MR) is 71.1 cm³/mol. The maximum Gasteiger partial charge on any atom is 0.134 e. The van der Waals surface area contributed by atoms with Crippen molar-refractivity contribution in [2.24, 2.45) is 5.73 Å². The molecular formula is C13H16ClN3. The monoisotopic (exact) mass is 249 g/mol. The Labute approximate surface area is 106 Å². The van der Waals surface area contributed by atoms with Crippen LogP contribution in [0.1, 0.15) is 22.5 Å². The molecule has 3 nitrogen and oxygen atoms in total. The summed E-state index contributed by atoms with van der Waals surface area (Å²) in [5, 5.41) is 0.553. The van der Waals surface area contributed by atoms with Crippen LogP contribution in [0.25, 0.3) is 11.3 Å². The minimum Gasteiger partial charge on any atom is -0.331 e. The lowest BCUT2D eigenvalue weighted by atomic mass is 9.99. The van der Waals surface area contributed by atoms with Crippen LogP contribution >= 0.6 is 11.6 Å². The van der Waals surface area contributed by atoms with Crippen molar-refractivity contribution in [1.82, 2.24) is 9.97 Å². The standard InChI is InChI=1S/C13H16ClN3/c1-7-4-9(3)10(5-8(7)2)12-13(14)17-11(6-15)16-12/h4-5H,6,15H2,1-3H3,(H,16,17). The lowest BCUT2D eigenvalue weighted by Gasteiger charge is -2.08. The third-order valence-electron chi connectivity index (χ3n) is 3.00. The van der Waals surface area contributed by atoms with Gasteiger partial charge in [-0.25, -0.2) is 4.98 Å². The first-order valence-electron chi connectivity index (χ1n) is 5.55. The van der Waals surface area contributed by atoms with Gasteiger partial charge in [0.25, 0.3) is 0 Å². The summed E-state index contributed by atoms with van der Waals surface area (Å²) in [4.78, 5) is 7.40. The first kappa shape index (κ1) is 12.1. The molecule has 0 amide bonds. The summed E-state index contributed by atoms with van der Waals surface area (Å²) >= 11 is 6.15. The van der Waals surface area contributed by atoms with Crippen LogP contribution in [-0.2, 0) is 6.54 Å². The number of aryl methyl sites for hydroxylation is 3. The molecule has 2 aromatic rings. The lowest BCUT2D eigenvalue weighted by Crippen LogP contribution is -1.98. The minimum atomic E-state index is 0.365. The minimum absolute atomic E-state index is 0.365. The Kier molecular flexibility index (Phi) is 3.22. The van der Waals surface area contributed by atoms with E-state index < -0.39 is 0 Å². The van der Waals surface area contributed by atoms with Crippen LogP contribution < -0.4 is 5.73 Å². The van der Waals surface area contributed by atoms with Crippen LogP contribution in [0.3, 0.4) is 0 Å². The van der Waals surface area contributed by atoms with Gasteiger partial charge in [-0.2, -0.15) is 0 Å². The molecule has 0 aliphatic rings. The predicted octanol–water partition coefficient (Wildman–Crippen LogP) is 3.11. The van der Waals surface area contributed by atoms with Crippen molar-refractivity contribution in [1.29, 1.82) is 0 Å². The zero-order chi connectivity index (χ0) is 12.6. The summed E-state index contributed by atoms with van der Waals surface area (Å²) in [6.45, 7) is 6.62. The number of aromatic nitrogens is 2. The zero-order valence-corrected chi connectivity index (χ0v) is 11.0. The van der Waals surface area contributed by atoms with Crippen molar-refractivity contribution in [3.8, 4) is 11.3 Å². The number of hydrogen-bond donors (Lipinski definition) is 2. The normalized spacial score (nSPS) is 10.9. The Morgan fingerprint density at radius 1 is 1.18 bits per heavy atom. The van der Waals surface area contributed by atoms with Crippen LogP contribution in [0, 0.1) is 20.8 Å². The number of nitrogens with two attached hydrogens (primary N) is 1. The average molecular weight is 250 g/mol. The van der Waals surface area contributed by atoms with Crippen LogP contribution in [0.5, 0.6) is 0 Å². The van der Waals surface area contributed by atoms with Gasteiger partial charge in [-0.05, 0) is 43.5 Å². The van der Waals surface area contributed by atoms with Crippen molar-refractivity contribution in [3.05, 3.63) is 39.8 Å². The molecule has 0 bridgehead atoms. The first-order chi connectivity index (χ1) is 8.02. The number of imidazole rings is 1. The molecule has 0 aliphatic heterocycles. The number of benzene rings is 1. The summed E-state index contributed by atoms with van der Waals surface area (Å²) in [6.07, 6.45) is 0. The first-order valence-corrected chi connectivity index (χ1v) is 5.93. The fourth-order valence-corrected chi connectivity index (χ4v) is 2.14. The van der Waals surface area contributed by atoms with Gasteiger partial charge in [-0.1, -0.05) is 17.7 Å². The molecule has 3 N–H and O–H groups in total. The van der Waals surface area contributed by atoms with E-state index in [0.29, 0.717) is 17.5 Å². The number of halogens is 1. The summed E-state index contributed by atoms with van der Waals surface area (Å²) < 4.78 is 0. The lowest BCUT2D eigenvalue weighted by molar-refractivity contribution is 0.950. The molecule has 0 spiro atoms. The number of nitrogens with zero attached hydrogens (tertiary/aromatic N) is 1. The number of H-pyrrole nitrogens is 1. The Balaban J connectivity index is 2.59. The van der Waals surface area contributed by atoms with E-state index in [1.165, 1.54) is 16.7 Å². The summed E-state index contributed by atoms with van der Waals surface area (Å²) in [5.41, 5.74) is 11.1. The molecule has 0 saturated heterocycles. The molecule has 0 atom stereocenters. The van der Waals surface area contributed by atoms with E-state index in [-0.39, 0.29) is 0 Å². The Morgan fingerprint density at radius 2 is 1.82 bits per heavy atom. The smallest absolute Gasteiger partial charge is 0.134 e. The van der Waals surface area contributed by atoms with E-state index in [0.717, 1.165) is 11.3 Å². The van der Waals surface area contributed by atoms with Gasteiger partial charge in [0.1, 0.15) is 16.7 Å². The molecule has 90 valence electrons. The fraction of sp³-hybridized carbons (Fsp3) is 0.308. The second kappa shape index (κ2) is 4.51. The van der Waals surface area contributed by atoms with E-state index in [1.807, 2.05) is 0 Å². The molecule has 2 rings (SSSR count). The second-order valence-electron chi connectivity index (χ2n) is 4.30. The molecule has 0 saturated carbocycles. The van der Waals surface area contributed by atoms with E-state index in [1.54, 1.807) is 0 Å². The van der Waals surface area contributed by atoms with Gasteiger partial charge < -0.3 is 10.7 Å². The average Bonchev–Trinajstić information content (AvgIpc) is 2.65. The number of hydrogen-bond acceptors (Lipinski definition) is 2. The molecular weight excluding hydrogens is 234 g/mol. The van der Waals surface area contributed by atoms with E-state index in [9.17, 15) is 0 Å². The molecule has 4 heteroatoms. The van der Waals surface area contributed by atoms with Gasteiger partial charge in [0.2, 0.25) is 0 Å². The quantitative estimate of drug-likeness (QED) is 0.859. The van der Waals surface area contributed by atoms with E-state index >= 15 is 0 Å². The van der Waals surface area contributed by atoms with Gasteiger partial charge in [0.05, 0.1) is 6.54 Å². The number of nitrogens with one attached hydrogen (secondary N) is 1. The summed E-state index contributed by atoms with van der Waals surface area (Å²) in [5.74, 6) is 0.711. The maximum absolute atomic E-state index is 6.15. The number of aromatic amines is 1. The third kappa shape index (κ3) is 2.21. The van der Waals surface area contributed by atoms with E-state index in [2.05, 4.69) is 42.9 Å². The fourth-order valence-electron chi connectivity index (χ4n) is 1.89. The molecule has 0 radical (unpaired) electrons. The van der Waals surface area contributed by atoms with Crippen molar-refractivity contribution >= 4 is 11.6 Å². The van der Waals surface area contributed by atoms with Crippen LogP contribution in [0.15, 0.2) is 12.1 Å². The van der Waals surface area contributed by atoms with Gasteiger partial charge >= 0.3 is 0 Å². The van der Waals surface area contributed by atoms with E-state index in [4.69, 9.17) is 17.3 Å². The molecule has 1 aromatic heterocycles. The van der Waals surface area contributed by atoms with Gasteiger partial charge in [-0.3, -0.25) is 0 Å². The SMILES string of the molecule is Cc1cc(C)c(-c2nc(CN)[nH]c2Cl)cc1C. The highest BCUT2D eigenvalue weighted by atomic mass is 35.5. The van der Waals surface area contributed by atoms with Gasteiger partial charge in [0, 0.05) is 5.56 Å². The third-order valence-corrected chi connectivity index (χ3v) is 3.27. The van der Waals surface area contributed by atoms with Crippen LogP contribution in [-0.4, -0.2) is 9.97 Å². The second-order valence-corrected chi connectivity index (χ2v) is 4.68. The van der Waals surface area contributed by atoms with Gasteiger partial charge in [-0.15, -0.1) is 0 Å². The molecule has 0 fully saturated rings. The summed E-state index contributed by atoms with van der Waals surface area (Å²) in [7, 11) is 0. The molecule has 17 heavy (non-hydrogen) atoms. The molecule has 0 unspecified atom stereocenters. The number of rotatable bonds is 2.